The lowest BCUT2D eigenvalue weighted by Crippen LogP contribution is -2.02. The molecular weight excluding hydrogens is 276 g/mol. The molecule has 0 bridgehead atoms. The van der Waals surface area contributed by atoms with Crippen LogP contribution < -0.4 is 5.32 Å². The van der Waals surface area contributed by atoms with Gasteiger partial charge in [-0.2, -0.15) is 5.10 Å². The first-order valence-electron chi connectivity index (χ1n) is 6.98. The fourth-order valence-electron chi connectivity index (χ4n) is 2.36. The van der Waals surface area contributed by atoms with Crippen molar-refractivity contribution < 1.29 is 0 Å². The third kappa shape index (κ3) is 2.20. The van der Waals surface area contributed by atoms with Gasteiger partial charge in [0.05, 0.1) is 5.69 Å². The average molecular weight is 290 g/mol. The maximum Gasteiger partial charge on any atom is 0.214 e. The Balaban J connectivity index is 1.84. The van der Waals surface area contributed by atoms with E-state index in [-0.39, 0.29) is 0 Å². The summed E-state index contributed by atoms with van der Waals surface area (Å²) in [6, 6.07) is 13.9. The first-order chi connectivity index (χ1) is 10.8. The Kier molecular flexibility index (Phi) is 2.86. The quantitative estimate of drug-likeness (QED) is 0.608. The van der Waals surface area contributed by atoms with Crippen molar-refractivity contribution in [1.82, 2.24) is 24.6 Å². The summed E-state index contributed by atoms with van der Waals surface area (Å²) < 4.78 is 1.90. The van der Waals surface area contributed by atoms with Gasteiger partial charge in [-0.15, -0.1) is 0 Å². The Labute approximate surface area is 126 Å². The predicted molar refractivity (Wildman–Crippen MR) is 85.0 cm³/mol. The van der Waals surface area contributed by atoms with E-state index in [1.807, 2.05) is 60.0 Å². The van der Waals surface area contributed by atoms with E-state index in [2.05, 4.69) is 20.5 Å². The van der Waals surface area contributed by atoms with Crippen molar-refractivity contribution in [3.63, 3.8) is 0 Å². The molecule has 0 spiro atoms. The minimum absolute atomic E-state index is 0.681. The van der Waals surface area contributed by atoms with Gasteiger partial charge in [-0.3, -0.25) is 9.50 Å². The van der Waals surface area contributed by atoms with Gasteiger partial charge in [-0.25, -0.2) is 9.97 Å². The second-order valence-corrected chi connectivity index (χ2v) is 5.05. The van der Waals surface area contributed by atoms with Crippen LogP contribution in [-0.2, 0) is 0 Å². The molecule has 1 aromatic carbocycles. The zero-order chi connectivity index (χ0) is 14.9. The lowest BCUT2D eigenvalue weighted by Gasteiger charge is -2.08. The maximum atomic E-state index is 4.71. The summed E-state index contributed by atoms with van der Waals surface area (Å²) >= 11 is 0. The number of nitrogens with zero attached hydrogens (tertiary/aromatic N) is 4. The zero-order valence-corrected chi connectivity index (χ0v) is 12.0. The van der Waals surface area contributed by atoms with Crippen LogP contribution in [0, 0.1) is 6.92 Å². The molecule has 108 valence electrons. The van der Waals surface area contributed by atoms with E-state index in [4.69, 9.17) is 4.98 Å². The highest BCUT2D eigenvalue weighted by Crippen LogP contribution is 2.22. The first-order valence-corrected chi connectivity index (χ1v) is 6.98. The molecule has 0 saturated carbocycles. The van der Waals surface area contributed by atoms with Gasteiger partial charge >= 0.3 is 0 Å². The average Bonchev–Trinajstić information content (AvgIpc) is 3.17. The van der Waals surface area contributed by atoms with E-state index in [1.165, 1.54) is 0 Å². The van der Waals surface area contributed by atoms with Gasteiger partial charge in [0.25, 0.3) is 0 Å². The van der Waals surface area contributed by atoms with Crippen LogP contribution in [0.15, 0.2) is 54.9 Å². The van der Waals surface area contributed by atoms with Crippen molar-refractivity contribution in [3.05, 3.63) is 60.6 Å². The summed E-state index contributed by atoms with van der Waals surface area (Å²) in [4.78, 5) is 9.07. The number of rotatable bonds is 3. The monoisotopic (exact) mass is 290 g/mol. The van der Waals surface area contributed by atoms with Crippen molar-refractivity contribution >= 4 is 17.4 Å². The van der Waals surface area contributed by atoms with Crippen LogP contribution in [-0.4, -0.2) is 24.6 Å². The molecule has 0 unspecified atom stereocenters. The lowest BCUT2D eigenvalue weighted by molar-refractivity contribution is 1.03. The summed E-state index contributed by atoms with van der Waals surface area (Å²) in [7, 11) is 0. The molecule has 0 aliphatic heterocycles. The van der Waals surface area contributed by atoms with Crippen LogP contribution in [0.5, 0.6) is 0 Å². The highest BCUT2D eigenvalue weighted by atomic mass is 15.3. The third-order valence-electron chi connectivity index (χ3n) is 3.41. The molecule has 4 aromatic rings. The third-order valence-corrected chi connectivity index (χ3v) is 3.41. The molecule has 6 heteroatoms. The normalized spacial score (nSPS) is 11.0. The molecule has 0 amide bonds. The topological polar surface area (TPSA) is 70.9 Å². The van der Waals surface area contributed by atoms with E-state index in [0.29, 0.717) is 5.95 Å². The second kappa shape index (κ2) is 5.00. The molecule has 3 heterocycles. The predicted octanol–water partition coefficient (Wildman–Crippen LogP) is 3.17. The van der Waals surface area contributed by atoms with Gasteiger partial charge in [-0.1, -0.05) is 30.3 Å². The minimum atomic E-state index is 0.681. The standard InChI is InChI=1S/C16H14N6/c1-11-9-14(21-20-11)19-16-18-13(12-5-3-2-4-6-12)10-15-17-7-8-22(15)16/h2-10H,1H3,(H2,18,19,20,21). The second-order valence-electron chi connectivity index (χ2n) is 5.05. The Morgan fingerprint density at radius 2 is 2.00 bits per heavy atom. The van der Waals surface area contributed by atoms with Gasteiger partial charge in [0.15, 0.2) is 5.82 Å². The molecule has 0 fully saturated rings. The Bertz CT molecular complexity index is 922. The highest BCUT2D eigenvalue weighted by molar-refractivity contribution is 5.67. The molecule has 2 N–H and O–H groups in total. The number of imidazole rings is 1. The molecule has 0 saturated heterocycles. The molecule has 3 aromatic heterocycles. The zero-order valence-electron chi connectivity index (χ0n) is 12.0. The molecule has 22 heavy (non-hydrogen) atoms. The maximum absolute atomic E-state index is 4.71. The van der Waals surface area contributed by atoms with Gasteiger partial charge in [0, 0.05) is 35.8 Å². The summed E-state index contributed by atoms with van der Waals surface area (Å²) in [5.74, 6) is 1.41. The Morgan fingerprint density at radius 1 is 1.14 bits per heavy atom. The van der Waals surface area contributed by atoms with Gasteiger partial charge in [-0.05, 0) is 6.92 Å². The van der Waals surface area contributed by atoms with Crippen LogP contribution in [0.4, 0.5) is 11.8 Å². The van der Waals surface area contributed by atoms with Gasteiger partial charge in [0.2, 0.25) is 5.95 Å². The number of anilines is 2. The molecule has 0 radical (unpaired) electrons. The van der Waals surface area contributed by atoms with Crippen LogP contribution in [0.25, 0.3) is 16.9 Å². The fourth-order valence-corrected chi connectivity index (χ4v) is 2.36. The van der Waals surface area contributed by atoms with E-state index < -0.39 is 0 Å². The SMILES string of the molecule is Cc1cc(Nc2nc(-c3ccccc3)cc3nccn23)n[nH]1. The summed E-state index contributed by atoms with van der Waals surface area (Å²) in [5.41, 5.74) is 3.75. The van der Waals surface area contributed by atoms with Crippen molar-refractivity contribution in [2.24, 2.45) is 0 Å². The lowest BCUT2D eigenvalue weighted by atomic mass is 10.1. The van der Waals surface area contributed by atoms with Crippen molar-refractivity contribution in [2.75, 3.05) is 5.32 Å². The van der Waals surface area contributed by atoms with Crippen molar-refractivity contribution in [3.8, 4) is 11.3 Å². The fraction of sp³-hybridized carbons (Fsp3) is 0.0625. The highest BCUT2D eigenvalue weighted by Gasteiger charge is 2.09. The Hall–Kier alpha value is -3.15. The number of hydrogen-bond acceptors (Lipinski definition) is 4. The number of fused-ring (bicyclic) bond motifs is 1. The summed E-state index contributed by atoms with van der Waals surface area (Å²) in [6.07, 6.45) is 3.63. The van der Waals surface area contributed by atoms with Crippen LogP contribution in [0.3, 0.4) is 0 Å². The number of H-pyrrole nitrogens is 1. The smallest absolute Gasteiger partial charge is 0.214 e. The Morgan fingerprint density at radius 3 is 2.77 bits per heavy atom. The van der Waals surface area contributed by atoms with Crippen LogP contribution >= 0.6 is 0 Å². The number of aromatic nitrogens is 5. The van der Waals surface area contributed by atoms with E-state index in [0.717, 1.165) is 28.4 Å². The summed E-state index contributed by atoms with van der Waals surface area (Å²) in [6.45, 7) is 1.96. The molecule has 0 atom stereocenters. The molecule has 4 rings (SSSR count). The molecular formula is C16H14N6. The number of nitrogens with one attached hydrogen (secondary N) is 2. The number of aryl methyl sites for hydroxylation is 1. The van der Waals surface area contributed by atoms with Crippen molar-refractivity contribution in [1.29, 1.82) is 0 Å². The number of aromatic amines is 1. The van der Waals surface area contributed by atoms with Crippen LogP contribution in [0.2, 0.25) is 0 Å². The van der Waals surface area contributed by atoms with Crippen molar-refractivity contribution in [2.45, 2.75) is 6.92 Å². The largest absolute Gasteiger partial charge is 0.308 e. The number of hydrogen-bond donors (Lipinski definition) is 2. The van der Waals surface area contributed by atoms with E-state index in [9.17, 15) is 0 Å². The molecule has 6 nitrogen and oxygen atoms in total. The van der Waals surface area contributed by atoms with Gasteiger partial charge in [0.1, 0.15) is 5.65 Å². The first kappa shape index (κ1) is 12.6. The molecule has 0 aliphatic rings. The van der Waals surface area contributed by atoms with E-state index >= 15 is 0 Å². The van der Waals surface area contributed by atoms with Crippen LogP contribution in [0.1, 0.15) is 5.69 Å². The summed E-state index contributed by atoms with van der Waals surface area (Å²) in [5, 5.41) is 10.3. The molecule has 0 aliphatic carbocycles. The van der Waals surface area contributed by atoms with E-state index in [1.54, 1.807) is 6.20 Å². The number of benzene rings is 1. The minimum Gasteiger partial charge on any atom is -0.308 e. The van der Waals surface area contributed by atoms with Gasteiger partial charge < -0.3 is 5.32 Å².